The van der Waals surface area contributed by atoms with E-state index >= 15 is 0 Å². The van der Waals surface area contributed by atoms with Crippen LogP contribution in [-0.4, -0.2) is 24.1 Å². The van der Waals surface area contributed by atoms with E-state index < -0.39 is 17.6 Å². The van der Waals surface area contributed by atoms with Gasteiger partial charge in [-0.2, -0.15) is 13.2 Å². The number of hydrogen-bond donors (Lipinski definition) is 3. The van der Waals surface area contributed by atoms with Crippen LogP contribution in [0.5, 0.6) is 5.75 Å². The topological polar surface area (TPSA) is 61.4 Å². The second kappa shape index (κ2) is 5.32. The molecule has 0 aliphatic carbocycles. The quantitative estimate of drug-likeness (QED) is 0.731. The summed E-state index contributed by atoms with van der Waals surface area (Å²) in [6.07, 6.45) is -4.52. The largest absolute Gasteiger partial charge is 0.506 e. The molecule has 1 aromatic rings. The summed E-state index contributed by atoms with van der Waals surface area (Å²) in [5, 5.41) is 15.0. The van der Waals surface area contributed by atoms with Gasteiger partial charge in [0.1, 0.15) is 5.75 Å². The molecule has 110 valence electrons. The Hall–Kier alpha value is -1.76. The molecule has 2 rings (SSSR count). The van der Waals surface area contributed by atoms with Crippen LogP contribution in [0, 0.1) is 11.8 Å². The van der Waals surface area contributed by atoms with Crippen molar-refractivity contribution in [2.45, 2.75) is 13.1 Å². The van der Waals surface area contributed by atoms with Crippen LogP contribution < -0.4 is 10.6 Å². The van der Waals surface area contributed by atoms with E-state index in [4.69, 9.17) is 0 Å². The first-order valence-corrected chi connectivity index (χ1v) is 6.21. The van der Waals surface area contributed by atoms with E-state index in [1.165, 1.54) is 0 Å². The molecule has 3 N–H and O–H groups in total. The Bertz CT molecular complexity index is 517. The number of rotatable bonds is 2. The molecule has 0 aromatic heterocycles. The van der Waals surface area contributed by atoms with Gasteiger partial charge in [0.25, 0.3) is 0 Å². The Kier molecular flexibility index (Phi) is 3.89. The molecule has 1 aromatic carbocycles. The van der Waals surface area contributed by atoms with Crippen LogP contribution in [0.1, 0.15) is 12.5 Å². The van der Waals surface area contributed by atoms with Gasteiger partial charge in [0, 0.05) is 6.54 Å². The van der Waals surface area contributed by atoms with Crippen LogP contribution in [0.2, 0.25) is 0 Å². The highest BCUT2D eigenvalue weighted by atomic mass is 19.4. The zero-order valence-corrected chi connectivity index (χ0v) is 10.8. The predicted octanol–water partition coefficient (Wildman–Crippen LogP) is 2.21. The van der Waals surface area contributed by atoms with Gasteiger partial charge in [0.05, 0.1) is 17.2 Å². The molecule has 1 aliphatic heterocycles. The third-order valence-corrected chi connectivity index (χ3v) is 3.44. The average Bonchev–Trinajstić information content (AvgIpc) is 2.77. The molecule has 0 bridgehead atoms. The van der Waals surface area contributed by atoms with Crippen LogP contribution in [0.3, 0.4) is 0 Å². The first-order valence-electron chi connectivity index (χ1n) is 6.21. The Morgan fingerprint density at radius 2 is 2.10 bits per heavy atom. The van der Waals surface area contributed by atoms with Crippen LogP contribution in [0.4, 0.5) is 18.9 Å². The van der Waals surface area contributed by atoms with Gasteiger partial charge in [-0.05, 0) is 30.7 Å². The van der Waals surface area contributed by atoms with Gasteiger partial charge >= 0.3 is 6.18 Å². The molecule has 20 heavy (non-hydrogen) atoms. The standard InChI is InChI=1S/C13H15F3N2O2/c1-7-5-17-6-9(7)12(20)18-10-4-8(13(14,15)16)2-3-11(10)19/h2-4,7,9,17,19H,5-6H2,1H3,(H,18,20)/t7-,9-/m1/s1. The van der Waals surface area contributed by atoms with E-state index in [-0.39, 0.29) is 23.3 Å². The third kappa shape index (κ3) is 3.04. The maximum atomic E-state index is 12.6. The number of alkyl halides is 3. The van der Waals surface area contributed by atoms with E-state index in [0.717, 1.165) is 18.2 Å². The number of halogens is 3. The molecule has 1 fully saturated rings. The normalized spacial score (nSPS) is 22.8. The zero-order valence-electron chi connectivity index (χ0n) is 10.8. The Morgan fingerprint density at radius 1 is 1.40 bits per heavy atom. The van der Waals surface area contributed by atoms with Gasteiger partial charge in [-0.15, -0.1) is 0 Å². The van der Waals surface area contributed by atoms with Crippen LogP contribution in [0.25, 0.3) is 0 Å². The molecular weight excluding hydrogens is 273 g/mol. The summed E-state index contributed by atoms with van der Waals surface area (Å²) < 4.78 is 37.8. The van der Waals surface area contributed by atoms with E-state index in [1.54, 1.807) is 0 Å². The fourth-order valence-electron chi connectivity index (χ4n) is 2.20. The van der Waals surface area contributed by atoms with Crippen molar-refractivity contribution in [3.8, 4) is 5.75 Å². The summed E-state index contributed by atoms with van der Waals surface area (Å²) in [5.41, 5.74) is -1.13. The molecule has 0 radical (unpaired) electrons. The number of phenolic OH excluding ortho intramolecular Hbond substituents is 1. The minimum atomic E-state index is -4.52. The summed E-state index contributed by atoms with van der Waals surface area (Å²) in [7, 11) is 0. The van der Waals surface area contributed by atoms with E-state index in [9.17, 15) is 23.1 Å². The fourth-order valence-corrected chi connectivity index (χ4v) is 2.20. The fraction of sp³-hybridized carbons (Fsp3) is 0.462. The smallest absolute Gasteiger partial charge is 0.416 e. The number of hydrogen-bond acceptors (Lipinski definition) is 3. The van der Waals surface area contributed by atoms with Crippen molar-refractivity contribution in [3.63, 3.8) is 0 Å². The number of nitrogens with one attached hydrogen (secondary N) is 2. The average molecular weight is 288 g/mol. The molecule has 4 nitrogen and oxygen atoms in total. The van der Waals surface area contributed by atoms with E-state index in [0.29, 0.717) is 13.1 Å². The lowest BCUT2D eigenvalue weighted by Gasteiger charge is -2.16. The minimum Gasteiger partial charge on any atom is -0.506 e. The Labute approximate surface area is 114 Å². The summed E-state index contributed by atoms with van der Waals surface area (Å²) in [4.78, 5) is 12.0. The zero-order chi connectivity index (χ0) is 14.9. The second-order valence-corrected chi connectivity index (χ2v) is 4.96. The lowest BCUT2D eigenvalue weighted by molar-refractivity contribution is -0.137. The van der Waals surface area contributed by atoms with Gasteiger partial charge in [-0.25, -0.2) is 0 Å². The van der Waals surface area contributed by atoms with Gasteiger partial charge in [-0.3, -0.25) is 4.79 Å². The number of anilines is 1. The van der Waals surface area contributed by atoms with Crippen molar-refractivity contribution in [2.75, 3.05) is 18.4 Å². The highest BCUT2D eigenvalue weighted by Crippen LogP contribution is 2.34. The molecule has 1 aliphatic rings. The molecule has 0 spiro atoms. The maximum absolute atomic E-state index is 12.6. The third-order valence-electron chi connectivity index (χ3n) is 3.44. The molecular formula is C13H15F3N2O2. The first-order chi connectivity index (χ1) is 9.29. The summed E-state index contributed by atoms with van der Waals surface area (Å²) in [5.74, 6) is -0.992. The van der Waals surface area contributed by atoms with E-state index in [1.807, 2.05) is 6.92 Å². The maximum Gasteiger partial charge on any atom is 0.416 e. The van der Waals surface area contributed by atoms with Crippen LogP contribution in [-0.2, 0) is 11.0 Å². The monoisotopic (exact) mass is 288 g/mol. The van der Waals surface area contributed by atoms with Gasteiger partial charge in [-0.1, -0.05) is 6.92 Å². The summed E-state index contributed by atoms with van der Waals surface area (Å²) >= 11 is 0. The lowest BCUT2D eigenvalue weighted by Crippen LogP contribution is -2.28. The van der Waals surface area contributed by atoms with Crippen molar-refractivity contribution in [1.82, 2.24) is 5.32 Å². The van der Waals surface area contributed by atoms with Gasteiger partial charge in [0.15, 0.2) is 0 Å². The van der Waals surface area contributed by atoms with Crippen molar-refractivity contribution < 1.29 is 23.1 Å². The van der Waals surface area contributed by atoms with Crippen molar-refractivity contribution in [2.24, 2.45) is 11.8 Å². The van der Waals surface area contributed by atoms with Gasteiger partial charge < -0.3 is 15.7 Å². The molecule has 1 saturated heterocycles. The number of carbonyl (C=O) groups is 1. The summed E-state index contributed by atoms with van der Waals surface area (Å²) in [6.45, 7) is 3.05. The molecule has 2 atom stereocenters. The molecule has 7 heteroatoms. The SMILES string of the molecule is C[C@@H]1CNC[C@H]1C(=O)Nc1cc(C(F)(F)F)ccc1O. The Morgan fingerprint density at radius 3 is 2.65 bits per heavy atom. The van der Waals surface area contributed by atoms with Crippen LogP contribution >= 0.6 is 0 Å². The van der Waals surface area contributed by atoms with E-state index in [2.05, 4.69) is 10.6 Å². The lowest BCUT2D eigenvalue weighted by atomic mass is 9.97. The number of phenols is 1. The summed E-state index contributed by atoms with van der Waals surface area (Å²) in [6, 6.07) is 2.43. The number of amides is 1. The van der Waals surface area contributed by atoms with Crippen molar-refractivity contribution in [1.29, 1.82) is 0 Å². The molecule has 1 amide bonds. The minimum absolute atomic E-state index is 0.0999. The molecule has 0 unspecified atom stereocenters. The molecule has 0 saturated carbocycles. The van der Waals surface area contributed by atoms with Gasteiger partial charge in [0.2, 0.25) is 5.91 Å². The van der Waals surface area contributed by atoms with Crippen LogP contribution in [0.15, 0.2) is 18.2 Å². The van der Waals surface area contributed by atoms with Crippen molar-refractivity contribution >= 4 is 11.6 Å². The highest BCUT2D eigenvalue weighted by Gasteiger charge is 2.33. The number of benzene rings is 1. The Balaban J connectivity index is 2.18. The number of aromatic hydroxyl groups is 1. The molecule has 1 heterocycles. The predicted molar refractivity (Wildman–Crippen MR) is 67.3 cm³/mol. The number of carbonyl (C=O) groups excluding carboxylic acids is 1. The highest BCUT2D eigenvalue weighted by molar-refractivity contribution is 5.94. The second-order valence-electron chi connectivity index (χ2n) is 4.96. The van der Waals surface area contributed by atoms with Crippen molar-refractivity contribution in [3.05, 3.63) is 23.8 Å². The first kappa shape index (κ1) is 14.6.